The van der Waals surface area contributed by atoms with E-state index >= 15 is 0 Å². The van der Waals surface area contributed by atoms with Crippen LogP contribution in [0.2, 0.25) is 10.0 Å². The maximum absolute atomic E-state index is 12.2. The number of benzene rings is 2. The fourth-order valence-corrected chi connectivity index (χ4v) is 4.74. The first kappa shape index (κ1) is 25.1. The third-order valence-corrected chi connectivity index (χ3v) is 7.18. The van der Waals surface area contributed by atoms with Crippen LogP contribution in [-0.2, 0) is 21.2 Å². The number of anilines is 1. The molecule has 0 fully saturated rings. The average Bonchev–Trinajstić information content (AvgIpc) is 3.21. The third kappa shape index (κ3) is 7.47. The van der Waals surface area contributed by atoms with Crippen LogP contribution in [-0.4, -0.2) is 43.5 Å². The van der Waals surface area contributed by atoms with E-state index in [1.165, 1.54) is 35.6 Å². The fourth-order valence-electron chi connectivity index (χ4n) is 2.61. The molecule has 0 bridgehead atoms. The number of carbonyl (C=O) groups excluding carboxylic acids is 2. The Bertz CT molecular complexity index is 1230. The van der Waals surface area contributed by atoms with Crippen molar-refractivity contribution in [2.45, 2.75) is 17.7 Å². The zero-order chi connectivity index (χ0) is 23.8. The topological polar surface area (TPSA) is 130 Å². The summed E-state index contributed by atoms with van der Waals surface area (Å²) < 4.78 is 26.8. The highest BCUT2D eigenvalue weighted by molar-refractivity contribution is 7.89. The van der Waals surface area contributed by atoms with Crippen LogP contribution in [0.3, 0.4) is 0 Å². The van der Waals surface area contributed by atoms with Crippen LogP contribution in [0.5, 0.6) is 0 Å². The van der Waals surface area contributed by atoms with Crippen molar-refractivity contribution >= 4 is 61.5 Å². The van der Waals surface area contributed by atoms with Crippen molar-refractivity contribution in [2.75, 3.05) is 18.4 Å². The van der Waals surface area contributed by atoms with Gasteiger partial charge in [0.15, 0.2) is 0 Å². The second-order valence-electron chi connectivity index (χ2n) is 6.64. The molecule has 1 heterocycles. The van der Waals surface area contributed by atoms with Gasteiger partial charge in [-0.15, -0.1) is 10.2 Å². The van der Waals surface area contributed by atoms with Crippen LogP contribution in [0, 0.1) is 0 Å². The lowest BCUT2D eigenvalue weighted by atomic mass is 10.2. The molecule has 2 aromatic carbocycles. The molecule has 0 aliphatic heterocycles. The number of halogens is 2. The summed E-state index contributed by atoms with van der Waals surface area (Å²) in [6.07, 6.45) is 0.334. The Morgan fingerprint density at radius 1 is 0.970 bits per heavy atom. The molecular formula is C20H19Cl2N5O4S2. The predicted octanol–water partition coefficient (Wildman–Crippen LogP) is 3.12. The van der Waals surface area contributed by atoms with Crippen molar-refractivity contribution in [3.63, 3.8) is 0 Å². The summed E-state index contributed by atoms with van der Waals surface area (Å²) in [6, 6.07) is 12.4. The van der Waals surface area contributed by atoms with Crippen LogP contribution in [0.15, 0.2) is 53.4 Å². The summed E-state index contributed by atoms with van der Waals surface area (Å²) in [5.41, 5.74) is 0.385. The largest absolute Gasteiger partial charge is 0.352 e. The van der Waals surface area contributed by atoms with Crippen molar-refractivity contribution in [3.05, 3.63) is 69.1 Å². The summed E-state index contributed by atoms with van der Waals surface area (Å²) in [6.45, 7) is 0.232. The monoisotopic (exact) mass is 527 g/mol. The average molecular weight is 528 g/mol. The zero-order valence-corrected chi connectivity index (χ0v) is 20.2. The van der Waals surface area contributed by atoms with Crippen molar-refractivity contribution in [2.24, 2.45) is 0 Å². The number of amides is 2. The van der Waals surface area contributed by atoms with E-state index in [1.54, 1.807) is 24.3 Å². The van der Waals surface area contributed by atoms with Crippen molar-refractivity contribution in [1.29, 1.82) is 0 Å². The Morgan fingerprint density at radius 2 is 1.70 bits per heavy atom. The minimum atomic E-state index is -3.74. The van der Waals surface area contributed by atoms with Gasteiger partial charge < -0.3 is 10.6 Å². The Labute approximate surface area is 204 Å². The Kier molecular flexibility index (Phi) is 8.75. The van der Waals surface area contributed by atoms with Gasteiger partial charge in [0, 0.05) is 31.0 Å². The van der Waals surface area contributed by atoms with Crippen LogP contribution >= 0.6 is 34.5 Å². The van der Waals surface area contributed by atoms with E-state index in [1.807, 2.05) is 0 Å². The molecule has 3 aromatic rings. The lowest BCUT2D eigenvalue weighted by Gasteiger charge is -2.06. The number of carbonyl (C=O) groups is 2. The molecule has 0 radical (unpaired) electrons. The molecule has 33 heavy (non-hydrogen) atoms. The molecule has 0 unspecified atom stereocenters. The minimum Gasteiger partial charge on any atom is -0.352 e. The van der Waals surface area contributed by atoms with Gasteiger partial charge in [-0.05, 0) is 36.4 Å². The van der Waals surface area contributed by atoms with E-state index in [2.05, 4.69) is 25.6 Å². The molecule has 174 valence electrons. The summed E-state index contributed by atoms with van der Waals surface area (Å²) in [5.74, 6) is -0.705. The van der Waals surface area contributed by atoms with Gasteiger partial charge in [0.2, 0.25) is 21.1 Å². The van der Waals surface area contributed by atoms with Crippen LogP contribution in [0.1, 0.15) is 21.8 Å². The van der Waals surface area contributed by atoms with Crippen LogP contribution in [0.4, 0.5) is 5.13 Å². The van der Waals surface area contributed by atoms with Gasteiger partial charge in [-0.2, -0.15) is 0 Å². The van der Waals surface area contributed by atoms with E-state index in [9.17, 15) is 18.0 Å². The minimum absolute atomic E-state index is 0.0581. The normalized spacial score (nSPS) is 11.2. The van der Waals surface area contributed by atoms with E-state index in [0.29, 0.717) is 33.6 Å². The summed E-state index contributed by atoms with van der Waals surface area (Å²) in [4.78, 5) is 24.3. The first-order valence-electron chi connectivity index (χ1n) is 9.65. The molecular weight excluding hydrogens is 509 g/mol. The molecule has 0 spiro atoms. The van der Waals surface area contributed by atoms with Crippen LogP contribution < -0.4 is 15.4 Å². The molecule has 0 aliphatic rings. The highest BCUT2D eigenvalue weighted by atomic mass is 35.5. The molecule has 1 aromatic heterocycles. The van der Waals surface area contributed by atoms with Gasteiger partial charge in [-0.3, -0.25) is 9.59 Å². The molecule has 13 heteroatoms. The number of rotatable bonds is 10. The Morgan fingerprint density at radius 3 is 2.42 bits per heavy atom. The molecule has 0 saturated carbocycles. The van der Waals surface area contributed by atoms with E-state index in [4.69, 9.17) is 23.2 Å². The summed E-state index contributed by atoms with van der Waals surface area (Å²) in [7, 11) is -3.74. The molecule has 9 nitrogen and oxygen atoms in total. The second kappa shape index (κ2) is 11.5. The standard InChI is InChI=1S/C20H19Cl2N5O4S2/c21-13-5-7-14(8-6-13)33(30,31)24-12-9-17(28)25-20-27-26-18(32-20)10-11-23-19(29)15-3-1-2-4-16(15)22/h1-8,24H,9-12H2,(H,23,29)(H,25,27,28). The number of sulfonamides is 1. The van der Waals surface area contributed by atoms with Crippen molar-refractivity contribution in [3.8, 4) is 0 Å². The van der Waals surface area contributed by atoms with Gasteiger partial charge >= 0.3 is 0 Å². The van der Waals surface area contributed by atoms with Gasteiger partial charge in [0.25, 0.3) is 5.91 Å². The molecule has 0 saturated heterocycles. The quantitative estimate of drug-likeness (QED) is 0.371. The van der Waals surface area contributed by atoms with Crippen molar-refractivity contribution in [1.82, 2.24) is 20.2 Å². The summed E-state index contributed by atoms with van der Waals surface area (Å²) in [5, 5.41) is 14.9. The van der Waals surface area contributed by atoms with Gasteiger partial charge in [-0.25, -0.2) is 13.1 Å². The number of aromatic nitrogens is 2. The highest BCUT2D eigenvalue weighted by Crippen LogP contribution is 2.17. The number of nitrogens with zero attached hydrogens (tertiary/aromatic N) is 2. The first-order valence-corrected chi connectivity index (χ1v) is 12.7. The maximum Gasteiger partial charge on any atom is 0.252 e. The second-order valence-corrected chi connectivity index (χ2v) is 10.3. The lowest BCUT2D eigenvalue weighted by molar-refractivity contribution is -0.116. The molecule has 0 atom stereocenters. The van der Waals surface area contributed by atoms with Gasteiger partial charge in [0.1, 0.15) is 5.01 Å². The fraction of sp³-hybridized carbons (Fsp3) is 0.200. The molecule has 3 rings (SSSR count). The number of hydrogen-bond donors (Lipinski definition) is 3. The zero-order valence-electron chi connectivity index (χ0n) is 17.0. The summed E-state index contributed by atoms with van der Waals surface area (Å²) >= 11 is 12.9. The number of nitrogens with one attached hydrogen (secondary N) is 3. The van der Waals surface area contributed by atoms with Gasteiger partial charge in [-0.1, -0.05) is 46.7 Å². The van der Waals surface area contributed by atoms with Gasteiger partial charge in [0.05, 0.1) is 15.5 Å². The Balaban J connectivity index is 1.40. The third-order valence-electron chi connectivity index (χ3n) is 4.22. The smallest absolute Gasteiger partial charge is 0.252 e. The SMILES string of the molecule is O=C(CCNS(=O)(=O)c1ccc(Cl)cc1)Nc1nnc(CCNC(=O)c2ccccc2Cl)s1. The molecule has 0 aliphatic carbocycles. The van der Waals surface area contributed by atoms with Crippen molar-refractivity contribution < 1.29 is 18.0 Å². The lowest BCUT2D eigenvalue weighted by Crippen LogP contribution is -2.27. The number of hydrogen-bond acceptors (Lipinski definition) is 7. The van der Waals surface area contributed by atoms with Crippen LogP contribution in [0.25, 0.3) is 0 Å². The first-order chi connectivity index (χ1) is 15.7. The molecule has 3 N–H and O–H groups in total. The highest BCUT2D eigenvalue weighted by Gasteiger charge is 2.15. The maximum atomic E-state index is 12.2. The molecule has 2 amide bonds. The van der Waals surface area contributed by atoms with E-state index in [-0.39, 0.29) is 28.9 Å². The Hall–Kier alpha value is -2.57. The predicted molar refractivity (Wildman–Crippen MR) is 127 cm³/mol. The van der Waals surface area contributed by atoms with E-state index in [0.717, 1.165) is 0 Å². The van der Waals surface area contributed by atoms with E-state index < -0.39 is 15.9 Å².